The fourth-order valence-electron chi connectivity index (χ4n) is 4.59. The largest absolute Gasteiger partial charge is 0.342 e. The maximum atomic E-state index is 13.6. The van der Waals surface area contributed by atoms with Crippen LogP contribution >= 0.6 is 0 Å². The molecule has 2 aliphatic heterocycles. The first-order valence-electron chi connectivity index (χ1n) is 11.7. The lowest BCUT2D eigenvalue weighted by molar-refractivity contribution is -0.131. The molecule has 2 saturated heterocycles. The molecule has 0 radical (unpaired) electrons. The third kappa shape index (κ3) is 4.68. The molecule has 7 heteroatoms. The fourth-order valence-corrected chi connectivity index (χ4v) is 4.59. The van der Waals surface area contributed by atoms with Crippen LogP contribution in [0, 0.1) is 0 Å². The van der Waals surface area contributed by atoms with Gasteiger partial charge in [0.2, 0.25) is 5.91 Å². The lowest BCUT2D eigenvalue weighted by Crippen LogP contribution is -2.51. The molecule has 1 aromatic heterocycles. The first kappa shape index (κ1) is 21.4. The number of para-hydroxylation sites is 1. The highest BCUT2D eigenvalue weighted by molar-refractivity contribution is 6.00. The minimum Gasteiger partial charge on any atom is -0.342 e. The summed E-state index contributed by atoms with van der Waals surface area (Å²) in [6, 6.07) is 19.7. The van der Waals surface area contributed by atoms with Gasteiger partial charge < -0.3 is 9.80 Å². The van der Waals surface area contributed by atoms with Crippen LogP contribution in [-0.2, 0) is 4.79 Å². The van der Waals surface area contributed by atoms with Crippen LogP contribution in [0.3, 0.4) is 0 Å². The van der Waals surface area contributed by atoms with Crippen molar-refractivity contribution < 1.29 is 9.59 Å². The first-order valence-corrected chi connectivity index (χ1v) is 11.7. The Morgan fingerprint density at radius 1 is 0.758 bits per heavy atom. The molecule has 3 aromatic rings. The van der Waals surface area contributed by atoms with Crippen molar-refractivity contribution in [1.29, 1.82) is 0 Å². The predicted octanol–water partition coefficient (Wildman–Crippen LogP) is 2.92. The van der Waals surface area contributed by atoms with Crippen LogP contribution in [0.5, 0.6) is 0 Å². The lowest BCUT2D eigenvalue weighted by Gasteiger charge is -2.35. The Morgan fingerprint density at radius 2 is 1.39 bits per heavy atom. The monoisotopic (exact) mass is 443 g/mol. The standard InChI is InChI=1S/C26H29N5O2/c32-24(29-13-7-8-14-29)20-28-15-17-30(18-16-28)26(33)23-19-31(22-11-5-2-6-12-22)27-25(23)21-9-3-1-4-10-21/h1-6,9-12,19H,7-8,13-18,20H2. The molecule has 170 valence electrons. The number of likely N-dealkylation sites (tertiary alicyclic amines) is 1. The Labute approximate surface area is 194 Å². The van der Waals surface area contributed by atoms with Gasteiger partial charge in [-0.15, -0.1) is 0 Å². The second-order valence-corrected chi connectivity index (χ2v) is 8.69. The van der Waals surface area contributed by atoms with Gasteiger partial charge in [0.1, 0.15) is 5.69 Å². The molecule has 0 unspecified atom stereocenters. The van der Waals surface area contributed by atoms with Crippen molar-refractivity contribution in [2.75, 3.05) is 45.8 Å². The number of amides is 2. The normalized spacial score (nSPS) is 16.8. The van der Waals surface area contributed by atoms with Crippen molar-refractivity contribution in [3.63, 3.8) is 0 Å². The van der Waals surface area contributed by atoms with Crippen molar-refractivity contribution in [1.82, 2.24) is 24.5 Å². The Balaban J connectivity index is 1.32. The van der Waals surface area contributed by atoms with E-state index in [4.69, 9.17) is 5.10 Å². The van der Waals surface area contributed by atoms with E-state index in [-0.39, 0.29) is 11.8 Å². The Kier molecular flexibility index (Phi) is 6.21. The van der Waals surface area contributed by atoms with Crippen LogP contribution in [-0.4, -0.2) is 82.1 Å². The number of piperazine rings is 1. The van der Waals surface area contributed by atoms with Gasteiger partial charge in [-0.25, -0.2) is 4.68 Å². The minimum absolute atomic E-state index is 0.0125. The number of hydrogen-bond donors (Lipinski definition) is 0. The second kappa shape index (κ2) is 9.58. The summed E-state index contributed by atoms with van der Waals surface area (Å²) < 4.78 is 1.78. The molecular weight excluding hydrogens is 414 g/mol. The third-order valence-electron chi connectivity index (χ3n) is 6.49. The number of hydrogen-bond acceptors (Lipinski definition) is 4. The zero-order chi connectivity index (χ0) is 22.6. The predicted molar refractivity (Wildman–Crippen MR) is 127 cm³/mol. The van der Waals surface area contributed by atoms with Gasteiger partial charge in [0.25, 0.3) is 5.91 Å². The van der Waals surface area contributed by atoms with E-state index in [1.165, 1.54) is 0 Å². The topological polar surface area (TPSA) is 61.7 Å². The van der Waals surface area contributed by atoms with E-state index in [2.05, 4.69) is 4.90 Å². The van der Waals surface area contributed by atoms with Gasteiger partial charge in [0.15, 0.2) is 0 Å². The van der Waals surface area contributed by atoms with Crippen molar-refractivity contribution in [2.45, 2.75) is 12.8 Å². The van der Waals surface area contributed by atoms with E-state index in [0.717, 1.165) is 37.2 Å². The molecule has 0 spiro atoms. The SMILES string of the molecule is O=C(CN1CCN(C(=O)c2cn(-c3ccccc3)nc2-c2ccccc2)CC1)N1CCCC1. The molecule has 2 fully saturated rings. The van der Waals surface area contributed by atoms with Gasteiger partial charge in [0.05, 0.1) is 17.8 Å². The van der Waals surface area contributed by atoms with Crippen LogP contribution in [0.15, 0.2) is 66.9 Å². The van der Waals surface area contributed by atoms with Gasteiger partial charge in [-0.1, -0.05) is 48.5 Å². The number of carbonyl (C=O) groups is 2. The number of carbonyl (C=O) groups excluding carboxylic acids is 2. The molecule has 0 saturated carbocycles. The molecule has 0 aliphatic carbocycles. The highest BCUT2D eigenvalue weighted by Crippen LogP contribution is 2.25. The molecule has 2 aromatic carbocycles. The number of benzene rings is 2. The van der Waals surface area contributed by atoms with Crippen molar-refractivity contribution in [2.24, 2.45) is 0 Å². The number of rotatable bonds is 5. The van der Waals surface area contributed by atoms with E-state index in [1.807, 2.05) is 76.7 Å². The van der Waals surface area contributed by atoms with Crippen molar-refractivity contribution in [3.8, 4) is 16.9 Å². The van der Waals surface area contributed by atoms with E-state index in [0.29, 0.717) is 44.0 Å². The van der Waals surface area contributed by atoms with Gasteiger partial charge in [-0.2, -0.15) is 5.10 Å². The van der Waals surface area contributed by atoms with Gasteiger partial charge in [-0.3, -0.25) is 14.5 Å². The summed E-state index contributed by atoms with van der Waals surface area (Å²) in [7, 11) is 0. The molecule has 5 rings (SSSR count). The number of nitrogens with zero attached hydrogens (tertiary/aromatic N) is 5. The maximum Gasteiger partial charge on any atom is 0.257 e. The molecular formula is C26H29N5O2. The summed E-state index contributed by atoms with van der Waals surface area (Å²) in [4.78, 5) is 32.0. The molecule has 0 atom stereocenters. The molecule has 2 amide bonds. The molecule has 3 heterocycles. The zero-order valence-electron chi connectivity index (χ0n) is 18.8. The fraction of sp³-hybridized carbons (Fsp3) is 0.346. The zero-order valence-corrected chi connectivity index (χ0v) is 18.8. The summed E-state index contributed by atoms with van der Waals surface area (Å²) in [5.41, 5.74) is 3.13. The second-order valence-electron chi connectivity index (χ2n) is 8.69. The highest BCUT2D eigenvalue weighted by Gasteiger charge is 2.28. The Hall–Kier alpha value is -3.45. The Morgan fingerprint density at radius 3 is 2.06 bits per heavy atom. The summed E-state index contributed by atoms with van der Waals surface area (Å²) in [5.74, 6) is 0.198. The quantitative estimate of drug-likeness (QED) is 0.608. The highest BCUT2D eigenvalue weighted by atomic mass is 16.2. The average molecular weight is 444 g/mol. The molecule has 7 nitrogen and oxygen atoms in total. The molecule has 0 bridgehead atoms. The van der Waals surface area contributed by atoms with Crippen molar-refractivity contribution in [3.05, 3.63) is 72.4 Å². The summed E-state index contributed by atoms with van der Waals surface area (Å²) in [6.07, 6.45) is 4.05. The van der Waals surface area contributed by atoms with E-state index in [1.54, 1.807) is 4.68 Å². The summed E-state index contributed by atoms with van der Waals surface area (Å²) >= 11 is 0. The maximum absolute atomic E-state index is 13.6. The molecule has 0 N–H and O–H groups in total. The minimum atomic E-state index is -0.0125. The number of aromatic nitrogens is 2. The summed E-state index contributed by atoms with van der Waals surface area (Å²) in [5, 5.41) is 4.77. The van der Waals surface area contributed by atoms with E-state index >= 15 is 0 Å². The van der Waals surface area contributed by atoms with E-state index < -0.39 is 0 Å². The summed E-state index contributed by atoms with van der Waals surface area (Å²) in [6.45, 7) is 4.84. The van der Waals surface area contributed by atoms with Gasteiger partial charge in [-0.05, 0) is 25.0 Å². The first-order chi connectivity index (χ1) is 16.2. The molecule has 2 aliphatic rings. The van der Waals surface area contributed by atoms with Gasteiger partial charge in [0, 0.05) is 51.0 Å². The van der Waals surface area contributed by atoms with Crippen molar-refractivity contribution >= 4 is 11.8 Å². The third-order valence-corrected chi connectivity index (χ3v) is 6.49. The van der Waals surface area contributed by atoms with Crippen LogP contribution in [0.4, 0.5) is 0 Å². The molecule has 33 heavy (non-hydrogen) atoms. The van der Waals surface area contributed by atoms with Gasteiger partial charge >= 0.3 is 0 Å². The van der Waals surface area contributed by atoms with Crippen LogP contribution in [0.1, 0.15) is 23.2 Å². The van der Waals surface area contributed by atoms with Crippen LogP contribution in [0.2, 0.25) is 0 Å². The van der Waals surface area contributed by atoms with Crippen LogP contribution in [0.25, 0.3) is 16.9 Å². The smallest absolute Gasteiger partial charge is 0.257 e. The average Bonchev–Trinajstić information content (AvgIpc) is 3.56. The van der Waals surface area contributed by atoms with Crippen LogP contribution < -0.4 is 0 Å². The van der Waals surface area contributed by atoms with E-state index in [9.17, 15) is 9.59 Å². The lowest BCUT2D eigenvalue weighted by atomic mass is 10.1. The Bertz CT molecular complexity index is 1100.